The smallest absolute Gasteiger partial charge is 0.163 e. The third-order valence-corrected chi connectivity index (χ3v) is 4.15. The van der Waals surface area contributed by atoms with E-state index < -0.39 is 0 Å². The Hall–Kier alpha value is -1.75. The second-order valence-corrected chi connectivity index (χ2v) is 7.03. The van der Waals surface area contributed by atoms with Gasteiger partial charge in [-0.3, -0.25) is 0 Å². The molecule has 0 amide bonds. The maximum Gasteiger partial charge on any atom is 0.163 e. The van der Waals surface area contributed by atoms with Crippen LogP contribution >= 0.6 is 11.3 Å². The van der Waals surface area contributed by atoms with Gasteiger partial charge in [-0.2, -0.15) is 0 Å². The standard InChI is InChI=1S/C16H20N2O2S/c1-16(2,3)14-10-21-15(18-14)9-17-11-4-5-12-13(8-11)20-7-6-19-12/h4-5,8,10,17H,6-7,9H2,1-3H3. The molecule has 0 saturated carbocycles. The highest BCUT2D eigenvalue weighted by Gasteiger charge is 2.17. The zero-order valence-electron chi connectivity index (χ0n) is 12.6. The van der Waals surface area contributed by atoms with Gasteiger partial charge in [-0.15, -0.1) is 11.3 Å². The molecule has 2 aromatic rings. The lowest BCUT2D eigenvalue weighted by Gasteiger charge is -2.19. The molecule has 0 unspecified atom stereocenters. The summed E-state index contributed by atoms with van der Waals surface area (Å²) in [4.78, 5) is 4.68. The first-order chi connectivity index (χ1) is 10.0. The summed E-state index contributed by atoms with van der Waals surface area (Å²) in [6.07, 6.45) is 0. The van der Waals surface area contributed by atoms with Crippen LogP contribution in [-0.4, -0.2) is 18.2 Å². The second-order valence-electron chi connectivity index (χ2n) is 6.09. The number of nitrogens with one attached hydrogen (secondary N) is 1. The Morgan fingerprint density at radius 1 is 1.19 bits per heavy atom. The van der Waals surface area contributed by atoms with E-state index in [4.69, 9.17) is 9.47 Å². The number of benzene rings is 1. The van der Waals surface area contributed by atoms with Crippen molar-refractivity contribution in [1.82, 2.24) is 4.98 Å². The molecular formula is C16H20N2O2S. The minimum absolute atomic E-state index is 0.103. The molecule has 0 bridgehead atoms. The molecule has 1 aromatic heterocycles. The number of hydrogen-bond donors (Lipinski definition) is 1. The molecule has 112 valence electrons. The molecule has 21 heavy (non-hydrogen) atoms. The zero-order valence-corrected chi connectivity index (χ0v) is 13.4. The Morgan fingerprint density at radius 2 is 1.95 bits per heavy atom. The molecule has 4 nitrogen and oxygen atoms in total. The van der Waals surface area contributed by atoms with Crippen LogP contribution < -0.4 is 14.8 Å². The van der Waals surface area contributed by atoms with E-state index in [1.54, 1.807) is 11.3 Å². The van der Waals surface area contributed by atoms with Gasteiger partial charge in [0.1, 0.15) is 18.2 Å². The molecule has 1 aliphatic rings. The van der Waals surface area contributed by atoms with Gasteiger partial charge in [0.05, 0.1) is 12.2 Å². The molecule has 5 heteroatoms. The molecule has 1 aliphatic heterocycles. The highest BCUT2D eigenvalue weighted by atomic mass is 32.1. The molecule has 0 spiro atoms. The van der Waals surface area contributed by atoms with Crippen molar-refractivity contribution in [3.8, 4) is 11.5 Å². The van der Waals surface area contributed by atoms with E-state index in [0.29, 0.717) is 13.2 Å². The third-order valence-electron chi connectivity index (χ3n) is 3.31. The quantitative estimate of drug-likeness (QED) is 0.936. The van der Waals surface area contributed by atoms with Gasteiger partial charge < -0.3 is 14.8 Å². The van der Waals surface area contributed by atoms with Crippen molar-refractivity contribution >= 4 is 17.0 Å². The number of ether oxygens (including phenoxy) is 2. The number of fused-ring (bicyclic) bond motifs is 1. The molecule has 0 fully saturated rings. The first-order valence-corrected chi connectivity index (χ1v) is 7.99. The van der Waals surface area contributed by atoms with Gasteiger partial charge in [-0.05, 0) is 12.1 Å². The monoisotopic (exact) mass is 304 g/mol. The Labute approximate surface area is 129 Å². The van der Waals surface area contributed by atoms with E-state index in [0.717, 1.165) is 34.4 Å². The van der Waals surface area contributed by atoms with Gasteiger partial charge in [-0.25, -0.2) is 4.98 Å². The van der Waals surface area contributed by atoms with Gasteiger partial charge in [0.15, 0.2) is 11.5 Å². The molecule has 1 aromatic carbocycles. The normalized spacial score (nSPS) is 14.0. The van der Waals surface area contributed by atoms with E-state index in [-0.39, 0.29) is 5.41 Å². The van der Waals surface area contributed by atoms with E-state index in [9.17, 15) is 0 Å². The molecule has 0 radical (unpaired) electrons. The van der Waals surface area contributed by atoms with Crippen LogP contribution in [0.5, 0.6) is 11.5 Å². The number of rotatable bonds is 3. The Morgan fingerprint density at radius 3 is 2.67 bits per heavy atom. The van der Waals surface area contributed by atoms with Crippen LogP contribution in [0, 0.1) is 0 Å². The molecule has 1 N–H and O–H groups in total. The summed E-state index contributed by atoms with van der Waals surface area (Å²) in [6.45, 7) is 8.49. The van der Waals surface area contributed by atoms with Crippen molar-refractivity contribution in [3.63, 3.8) is 0 Å². The zero-order chi connectivity index (χ0) is 14.9. The topological polar surface area (TPSA) is 43.4 Å². The van der Waals surface area contributed by atoms with Crippen LogP contribution in [0.2, 0.25) is 0 Å². The summed E-state index contributed by atoms with van der Waals surface area (Å²) in [6, 6.07) is 5.93. The minimum atomic E-state index is 0.103. The van der Waals surface area contributed by atoms with Crippen LogP contribution in [0.25, 0.3) is 0 Å². The van der Waals surface area contributed by atoms with E-state index in [1.165, 1.54) is 0 Å². The van der Waals surface area contributed by atoms with E-state index >= 15 is 0 Å². The molecule has 0 atom stereocenters. The van der Waals surface area contributed by atoms with E-state index in [2.05, 4.69) is 36.5 Å². The van der Waals surface area contributed by atoms with Crippen LogP contribution in [-0.2, 0) is 12.0 Å². The molecule has 2 heterocycles. The third kappa shape index (κ3) is 3.29. The fraction of sp³-hybridized carbons (Fsp3) is 0.438. The average Bonchev–Trinajstić information content (AvgIpc) is 2.94. The maximum absolute atomic E-state index is 5.59. The summed E-state index contributed by atoms with van der Waals surface area (Å²) in [5, 5.41) is 6.62. The van der Waals surface area contributed by atoms with Crippen molar-refractivity contribution in [3.05, 3.63) is 34.3 Å². The first-order valence-electron chi connectivity index (χ1n) is 7.11. The van der Waals surface area contributed by atoms with Crippen LogP contribution in [0.3, 0.4) is 0 Å². The van der Waals surface area contributed by atoms with Crippen molar-refractivity contribution in [2.45, 2.75) is 32.7 Å². The van der Waals surface area contributed by atoms with Gasteiger partial charge in [0, 0.05) is 22.5 Å². The average molecular weight is 304 g/mol. The highest BCUT2D eigenvalue weighted by molar-refractivity contribution is 7.09. The predicted octanol–water partition coefficient (Wildman–Crippen LogP) is 3.82. The van der Waals surface area contributed by atoms with Gasteiger partial charge >= 0.3 is 0 Å². The minimum Gasteiger partial charge on any atom is -0.486 e. The van der Waals surface area contributed by atoms with Gasteiger partial charge in [0.25, 0.3) is 0 Å². The Balaban J connectivity index is 1.66. The highest BCUT2D eigenvalue weighted by Crippen LogP contribution is 2.33. The van der Waals surface area contributed by atoms with Crippen LogP contribution in [0.4, 0.5) is 5.69 Å². The number of aromatic nitrogens is 1. The Kier molecular flexibility index (Phi) is 3.76. The largest absolute Gasteiger partial charge is 0.486 e. The maximum atomic E-state index is 5.59. The van der Waals surface area contributed by atoms with Crippen molar-refractivity contribution < 1.29 is 9.47 Å². The van der Waals surface area contributed by atoms with Gasteiger partial charge in [-0.1, -0.05) is 20.8 Å². The fourth-order valence-corrected chi connectivity index (χ4v) is 3.03. The molecule has 0 aliphatic carbocycles. The predicted molar refractivity (Wildman–Crippen MR) is 85.6 cm³/mol. The van der Waals surface area contributed by atoms with Crippen LogP contribution in [0.1, 0.15) is 31.5 Å². The molecule has 3 rings (SSSR count). The summed E-state index contributed by atoms with van der Waals surface area (Å²) >= 11 is 1.69. The summed E-state index contributed by atoms with van der Waals surface area (Å²) in [7, 11) is 0. The van der Waals surface area contributed by atoms with Crippen molar-refractivity contribution in [2.24, 2.45) is 0 Å². The summed E-state index contributed by atoms with van der Waals surface area (Å²) < 4.78 is 11.1. The van der Waals surface area contributed by atoms with Crippen molar-refractivity contribution in [2.75, 3.05) is 18.5 Å². The number of anilines is 1. The van der Waals surface area contributed by atoms with E-state index in [1.807, 2.05) is 18.2 Å². The Bertz CT molecular complexity index is 631. The lowest BCUT2D eigenvalue weighted by Crippen LogP contribution is -2.15. The first kappa shape index (κ1) is 14.2. The number of hydrogen-bond acceptors (Lipinski definition) is 5. The van der Waals surface area contributed by atoms with Crippen molar-refractivity contribution in [1.29, 1.82) is 0 Å². The second kappa shape index (κ2) is 5.56. The fourth-order valence-electron chi connectivity index (χ4n) is 2.07. The van der Waals surface area contributed by atoms with Gasteiger partial charge in [0.2, 0.25) is 0 Å². The SMILES string of the molecule is CC(C)(C)c1csc(CNc2ccc3c(c2)OCCO3)n1. The van der Waals surface area contributed by atoms with Crippen LogP contribution in [0.15, 0.2) is 23.6 Å². The summed E-state index contributed by atoms with van der Waals surface area (Å²) in [5.41, 5.74) is 2.27. The summed E-state index contributed by atoms with van der Waals surface area (Å²) in [5.74, 6) is 1.62. The molecule has 0 saturated heterocycles. The number of nitrogens with zero attached hydrogens (tertiary/aromatic N) is 1. The lowest BCUT2D eigenvalue weighted by molar-refractivity contribution is 0.171. The number of thiazole rings is 1. The molecular weight excluding hydrogens is 284 g/mol. The lowest BCUT2D eigenvalue weighted by atomic mass is 9.93.